The number of aromatic nitrogens is 1. The van der Waals surface area contributed by atoms with E-state index in [1.54, 1.807) is 6.20 Å². The predicted octanol–water partition coefficient (Wildman–Crippen LogP) is 1.50. The van der Waals surface area contributed by atoms with E-state index in [1.165, 1.54) is 12.8 Å². The van der Waals surface area contributed by atoms with Crippen molar-refractivity contribution in [2.75, 3.05) is 36.8 Å². The van der Waals surface area contributed by atoms with Gasteiger partial charge in [0.1, 0.15) is 5.82 Å². The molecule has 0 atom stereocenters. The molecule has 1 aliphatic carbocycles. The molecule has 2 aliphatic rings. The number of carbonyl (C=O) groups is 1. The highest BCUT2D eigenvalue weighted by atomic mass is 16.2. The number of nitrogens with two attached hydrogens (primary N) is 1. The van der Waals surface area contributed by atoms with Gasteiger partial charge in [-0.3, -0.25) is 4.79 Å². The van der Waals surface area contributed by atoms with E-state index >= 15 is 0 Å². The number of nitrogen functional groups attached to an aromatic ring is 1. The molecule has 0 radical (unpaired) electrons. The number of pyridine rings is 1. The molecule has 2 heterocycles. The summed E-state index contributed by atoms with van der Waals surface area (Å²) < 4.78 is 0. The Kier molecular flexibility index (Phi) is 3.76. The van der Waals surface area contributed by atoms with Crippen LogP contribution in [0.4, 0.5) is 11.5 Å². The lowest BCUT2D eigenvalue weighted by atomic mass is 10.1. The zero-order valence-corrected chi connectivity index (χ0v) is 11.8. The van der Waals surface area contributed by atoms with Crippen LogP contribution in [-0.4, -0.2) is 42.0 Å². The quantitative estimate of drug-likeness (QED) is 0.888. The van der Waals surface area contributed by atoms with Gasteiger partial charge >= 0.3 is 0 Å². The number of hydrogen-bond acceptors (Lipinski definition) is 4. The summed E-state index contributed by atoms with van der Waals surface area (Å²) in [6.07, 6.45) is 6.28. The Morgan fingerprint density at radius 2 is 1.85 bits per heavy atom. The van der Waals surface area contributed by atoms with Gasteiger partial charge in [-0.1, -0.05) is 12.8 Å². The first-order chi connectivity index (χ1) is 9.74. The molecule has 20 heavy (non-hydrogen) atoms. The zero-order valence-electron chi connectivity index (χ0n) is 11.8. The van der Waals surface area contributed by atoms with E-state index in [2.05, 4.69) is 9.88 Å². The van der Waals surface area contributed by atoms with Gasteiger partial charge in [-0.05, 0) is 25.0 Å². The van der Waals surface area contributed by atoms with Crippen LogP contribution >= 0.6 is 0 Å². The van der Waals surface area contributed by atoms with Gasteiger partial charge in [0.2, 0.25) is 5.91 Å². The van der Waals surface area contributed by atoms with Gasteiger partial charge in [0.25, 0.3) is 0 Å². The fourth-order valence-corrected chi connectivity index (χ4v) is 3.17. The Bertz CT molecular complexity index is 459. The third-order valence-corrected chi connectivity index (χ3v) is 4.39. The highest BCUT2D eigenvalue weighted by Crippen LogP contribution is 2.27. The highest BCUT2D eigenvalue weighted by Gasteiger charge is 2.29. The topological polar surface area (TPSA) is 62.5 Å². The molecule has 0 spiro atoms. The molecule has 1 saturated heterocycles. The Balaban J connectivity index is 1.56. The summed E-state index contributed by atoms with van der Waals surface area (Å²) in [7, 11) is 0. The van der Waals surface area contributed by atoms with Crippen molar-refractivity contribution in [2.45, 2.75) is 25.7 Å². The predicted molar refractivity (Wildman–Crippen MR) is 79.4 cm³/mol. The number of nitrogens with zero attached hydrogens (tertiary/aromatic N) is 3. The fraction of sp³-hybridized carbons (Fsp3) is 0.600. The number of hydrogen-bond donors (Lipinski definition) is 1. The first kappa shape index (κ1) is 13.2. The van der Waals surface area contributed by atoms with Crippen molar-refractivity contribution in [1.29, 1.82) is 0 Å². The molecule has 2 N–H and O–H groups in total. The van der Waals surface area contributed by atoms with Crippen molar-refractivity contribution >= 4 is 17.4 Å². The molecular formula is C15H22N4O. The minimum atomic E-state index is 0.288. The molecule has 1 amide bonds. The molecule has 1 aliphatic heterocycles. The second-order valence-corrected chi connectivity index (χ2v) is 5.74. The number of amides is 1. The average molecular weight is 274 g/mol. The van der Waals surface area contributed by atoms with Gasteiger partial charge in [-0.2, -0.15) is 0 Å². The first-order valence-electron chi connectivity index (χ1n) is 7.49. The minimum absolute atomic E-state index is 0.288. The molecule has 0 unspecified atom stereocenters. The van der Waals surface area contributed by atoms with Gasteiger partial charge < -0.3 is 15.5 Å². The van der Waals surface area contributed by atoms with Crippen LogP contribution in [0.1, 0.15) is 25.7 Å². The maximum Gasteiger partial charge on any atom is 0.225 e. The molecule has 5 nitrogen and oxygen atoms in total. The SMILES string of the molecule is Nc1ccc(N2CCN(C(=O)C3CCCC3)CC2)nc1. The summed E-state index contributed by atoms with van der Waals surface area (Å²) in [6.45, 7) is 3.33. The Morgan fingerprint density at radius 3 is 2.45 bits per heavy atom. The molecule has 1 aromatic rings. The van der Waals surface area contributed by atoms with E-state index in [4.69, 9.17) is 5.73 Å². The van der Waals surface area contributed by atoms with Crippen LogP contribution in [-0.2, 0) is 4.79 Å². The Morgan fingerprint density at radius 1 is 1.15 bits per heavy atom. The number of carbonyl (C=O) groups excluding carboxylic acids is 1. The van der Waals surface area contributed by atoms with Crippen molar-refractivity contribution in [3.05, 3.63) is 18.3 Å². The third-order valence-electron chi connectivity index (χ3n) is 4.39. The summed E-state index contributed by atoms with van der Waals surface area (Å²) in [5, 5.41) is 0. The van der Waals surface area contributed by atoms with E-state index in [0.717, 1.165) is 44.8 Å². The molecule has 0 aromatic carbocycles. The molecule has 5 heteroatoms. The van der Waals surface area contributed by atoms with Gasteiger partial charge in [-0.25, -0.2) is 4.98 Å². The van der Waals surface area contributed by atoms with Crippen LogP contribution in [0, 0.1) is 5.92 Å². The lowest BCUT2D eigenvalue weighted by Crippen LogP contribution is -2.50. The van der Waals surface area contributed by atoms with E-state index in [0.29, 0.717) is 11.6 Å². The largest absolute Gasteiger partial charge is 0.397 e. The molecule has 3 rings (SSSR count). The van der Waals surface area contributed by atoms with E-state index in [1.807, 2.05) is 17.0 Å². The normalized spacial score (nSPS) is 20.4. The van der Waals surface area contributed by atoms with Gasteiger partial charge in [0.05, 0.1) is 11.9 Å². The van der Waals surface area contributed by atoms with Crippen molar-refractivity contribution in [3.8, 4) is 0 Å². The first-order valence-corrected chi connectivity index (χ1v) is 7.49. The van der Waals surface area contributed by atoms with Crippen LogP contribution in [0.3, 0.4) is 0 Å². The summed E-state index contributed by atoms with van der Waals surface area (Å²) in [5.74, 6) is 1.61. The van der Waals surface area contributed by atoms with Crippen molar-refractivity contribution < 1.29 is 4.79 Å². The minimum Gasteiger partial charge on any atom is -0.397 e. The van der Waals surface area contributed by atoms with Gasteiger partial charge in [0.15, 0.2) is 0 Å². The Hall–Kier alpha value is -1.78. The van der Waals surface area contributed by atoms with E-state index in [-0.39, 0.29) is 5.92 Å². The van der Waals surface area contributed by atoms with Crippen LogP contribution < -0.4 is 10.6 Å². The van der Waals surface area contributed by atoms with Crippen LogP contribution in [0.5, 0.6) is 0 Å². The summed E-state index contributed by atoms with van der Waals surface area (Å²) in [5.41, 5.74) is 6.34. The number of rotatable bonds is 2. The number of piperazine rings is 1. The molecule has 0 bridgehead atoms. The third kappa shape index (κ3) is 2.71. The van der Waals surface area contributed by atoms with Gasteiger partial charge in [0, 0.05) is 32.1 Å². The second kappa shape index (κ2) is 5.69. The maximum atomic E-state index is 12.4. The molecule has 108 valence electrons. The van der Waals surface area contributed by atoms with Crippen LogP contribution in [0.2, 0.25) is 0 Å². The Labute approximate surface area is 119 Å². The second-order valence-electron chi connectivity index (χ2n) is 5.74. The van der Waals surface area contributed by atoms with Crippen molar-refractivity contribution in [2.24, 2.45) is 5.92 Å². The monoisotopic (exact) mass is 274 g/mol. The number of anilines is 2. The smallest absolute Gasteiger partial charge is 0.225 e. The van der Waals surface area contributed by atoms with Crippen molar-refractivity contribution in [3.63, 3.8) is 0 Å². The maximum absolute atomic E-state index is 12.4. The van der Waals surface area contributed by atoms with E-state index < -0.39 is 0 Å². The fourth-order valence-electron chi connectivity index (χ4n) is 3.17. The van der Waals surface area contributed by atoms with E-state index in [9.17, 15) is 4.79 Å². The van der Waals surface area contributed by atoms with Crippen molar-refractivity contribution in [1.82, 2.24) is 9.88 Å². The van der Waals surface area contributed by atoms with Gasteiger partial charge in [-0.15, -0.1) is 0 Å². The standard InChI is InChI=1S/C15H22N4O/c16-13-5-6-14(17-11-13)18-7-9-19(10-8-18)15(20)12-3-1-2-4-12/h5-6,11-12H,1-4,7-10,16H2. The molecular weight excluding hydrogens is 252 g/mol. The summed E-state index contributed by atoms with van der Waals surface area (Å²) in [4.78, 5) is 21.0. The summed E-state index contributed by atoms with van der Waals surface area (Å²) >= 11 is 0. The summed E-state index contributed by atoms with van der Waals surface area (Å²) in [6, 6.07) is 3.82. The van der Waals surface area contributed by atoms with Crippen LogP contribution in [0.25, 0.3) is 0 Å². The lowest BCUT2D eigenvalue weighted by molar-refractivity contribution is -0.135. The lowest BCUT2D eigenvalue weighted by Gasteiger charge is -2.36. The average Bonchev–Trinajstić information content (AvgIpc) is 3.02. The molecule has 1 aromatic heterocycles. The molecule has 2 fully saturated rings. The van der Waals surface area contributed by atoms with Crippen LogP contribution in [0.15, 0.2) is 18.3 Å². The highest BCUT2D eigenvalue weighted by molar-refractivity contribution is 5.79. The molecule has 1 saturated carbocycles. The zero-order chi connectivity index (χ0) is 13.9.